The molecule has 0 saturated heterocycles. The number of hydrogen-bond donors (Lipinski definition) is 1. The molecule has 11 heavy (non-hydrogen) atoms. The smallest absolute Gasteiger partial charge is 0.194 e. The standard InChI is InChI=1S/C7H10ClNS2/c8-7(9)10-5-3-1-2-4-6(5)11-7/h1-4,9H2. The third-order valence-electron chi connectivity index (χ3n) is 1.89. The molecule has 0 aromatic rings. The molecule has 0 atom stereocenters. The molecule has 1 nitrogen and oxygen atoms in total. The van der Waals surface area contributed by atoms with E-state index in [0.29, 0.717) is 0 Å². The molecule has 1 aliphatic heterocycles. The van der Waals surface area contributed by atoms with Crippen LogP contribution in [0.15, 0.2) is 9.81 Å². The monoisotopic (exact) mass is 207 g/mol. The van der Waals surface area contributed by atoms with E-state index in [2.05, 4.69) is 0 Å². The molecule has 0 aromatic carbocycles. The first kappa shape index (κ1) is 8.30. The first-order chi connectivity index (χ1) is 5.17. The van der Waals surface area contributed by atoms with Crippen LogP contribution in [-0.2, 0) is 0 Å². The Balaban J connectivity index is 2.16. The van der Waals surface area contributed by atoms with Crippen molar-refractivity contribution in [1.82, 2.24) is 0 Å². The van der Waals surface area contributed by atoms with Crippen LogP contribution in [0.4, 0.5) is 0 Å². The molecule has 0 radical (unpaired) electrons. The first-order valence-electron chi connectivity index (χ1n) is 3.75. The highest BCUT2D eigenvalue weighted by atomic mass is 35.5. The molecule has 1 aliphatic carbocycles. The summed E-state index contributed by atoms with van der Waals surface area (Å²) in [6.07, 6.45) is 5.00. The molecule has 0 unspecified atom stereocenters. The van der Waals surface area contributed by atoms with Crippen LogP contribution in [0, 0.1) is 0 Å². The van der Waals surface area contributed by atoms with Gasteiger partial charge in [-0.15, -0.1) is 0 Å². The Kier molecular flexibility index (Phi) is 2.17. The quantitative estimate of drug-likeness (QED) is 0.489. The highest BCUT2D eigenvalue weighted by Crippen LogP contribution is 2.57. The van der Waals surface area contributed by atoms with Crippen molar-refractivity contribution in [2.45, 2.75) is 29.3 Å². The molecule has 0 spiro atoms. The van der Waals surface area contributed by atoms with Crippen molar-refractivity contribution in [2.24, 2.45) is 5.73 Å². The molecule has 62 valence electrons. The van der Waals surface area contributed by atoms with Crippen LogP contribution in [0.25, 0.3) is 0 Å². The molecule has 2 N–H and O–H groups in total. The van der Waals surface area contributed by atoms with Crippen molar-refractivity contribution in [3.05, 3.63) is 9.81 Å². The van der Waals surface area contributed by atoms with E-state index in [4.69, 9.17) is 17.3 Å². The second kappa shape index (κ2) is 2.87. The van der Waals surface area contributed by atoms with Gasteiger partial charge in [0.1, 0.15) is 0 Å². The van der Waals surface area contributed by atoms with Crippen LogP contribution in [0.3, 0.4) is 0 Å². The number of alkyl halides is 1. The fourth-order valence-electron chi connectivity index (χ4n) is 1.42. The van der Waals surface area contributed by atoms with E-state index < -0.39 is 3.66 Å². The van der Waals surface area contributed by atoms with Crippen molar-refractivity contribution in [1.29, 1.82) is 0 Å². The summed E-state index contributed by atoms with van der Waals surface area (Å²) >= 11 is 9.28. The molecule has 2 aliphatic rings. The van der Waals surface area contributed by atoms with Crippen molar-refractivity contribution in [2.75, 3.05) is 0 Å². The Hall–Kier alpha value is 0.690. The average molecular weight is 208 g/mol. The Labute approximate surface area is 80.1 Å². The van der Waals surface area contributed by atoms with Crippen LogP contribution in [0.5, 0.6) is 0 Å². The molecule has 0 aromatic heterocycles. The fourth-order valence-corrected chi connectivity index (χ4v) is 4.60. The predicted octanol–water partition coefficient (Wildman–Crippen LogP) is 3.06. The highest BCUT2D eigenvalue weighted by molar-refractivity contribution is 8.26. The number of rotatable bonds is 0. The predicted molar refractivity (Wildman–Crippen MR) is 53.4 cm³/mol. The second-order valence-electron chi connectivity index (χ2n) is 2.84. The minimum absolute atomic E-state index is 0.588. The summed E-state index contributed by atoms with van der Waals surface area (Å²) in [6.45, 7) is 0. The van der Waals surface area contributed by atoms with Gasteiger partial charge in [0, 0.05) is 0 Å². The number of hydrogen-bond acceptors (Lipinski definition) is 3. The zero-order valence-corrected chi connectivity index (χ0v) is 8.49. The lowest BCUT2D eigenvalue weighted by Crippen LogP contribution is -2.20. The van der Waals surface area contributed by atoms with Gasteiger partial charge >= 0.3 is 0 Å². The van der Waals surface area contributed by atoms with E-state index in [0.717, 1.165) is 0 Å². The molecular formula is C7H10ClNS2. The molecule has 0 saturated carbocycles. The maximum atomic E-state index is 6.00. The van der Waals surface area contributed by atoms with Crippen molar-refractivity contribution in [3.8, 4) is 0 Å². The van der Waals surface area contributed by atoms with Gasteiger partial charge < -0.3 is 0 Å². The number of allylic oxidation sites excluding steroid dienone is 2. The topological polar surface area (TPSA) is 26.0 Å². The highest BCUT2D eigenvalue weighted by Gasteiger charge is 2.35. The molecule has 2 rings (SSSR count). The fraction of sp³-hybridized carbons (Fsp3) is 0.714. The van der Waals surface area contributed by atoms with Gasteiger partial charge in [0.2, 0.25) is 0 Å². The van der Waals surface area contributed by atoms with Gasteiger partial charge in [-0.25, -0.2) is 0 Å². The van der Waals surface area contributed by atoms with Crippen LogP contribution in [0.2, 0.25) is 0 Å². The minimum Gasteiger partial charge on any atom is -0.295 e. The maximum Gasteiger partial charge on any atom is 0.194 e. The van der Waals surface area contributed by atoms with Gasteiger partial charge in [-0.2, -0.15) is 0 Å². The summed E-state index contributed by atoms with van der Waals surface area (Å²) in [7, 11) is 0. The largest absolute Gasteiger partial charge is 0.295 e. The van der Waals surface area contributed by atoms with Crippen LogP contribution >= 0.6 is 35.1 Å². The molecule has 0 amide bonds. The molecular weight excluding hydrogens is 198 g/mol. The van der Waals surface area contributed by atoms with E-state index in [1.165, 1.54) is 35.5 Å². The lowest BCUT2D eigenvalue weighted by Gasteiger charge is -2.11. The summed E-state index contributed by atoms with van der Waals surface area (Å²) in [5, 5.41) is 0. The van der Waals surface area contributed by atoms with E-state index in [9.17, 15) is 0 Å². The van der Waals surface area contributed by atoms with E-state index in [-0.39, 0.29) is 0 Å². The molecule has 0 bridgehead atoms. The summed E-state index contributed by atoms with van der Waals surface area (Å²) < 4.78 is -0.588. The van der Waals surface area contributed by atoms with Crippen LogP contribution in [-0.4, -0.2) is 3.66 Å². The van der Waals surface area contributed by atoms with Crippen LogP contribution in [0.1, 0.15) is 25.7 Å². The van der Waals surface area contributed by atoms with Gasteiger partial charge in [-0.1, -0.05) is 35.1 Å². The van der Waals surface area contributed by atoms with E-state index in [1.54, 1.807) is 23.5 Å². The van der Waals surface area contributed by atoms with Crippen LogP contribution < -0.4 is 5.73 Å². The third-order valence-corrected chi connectivity index (χ3v) is 4.94. The minimum atomic E-state index is -0.588. The number of nitrogens with two attached hydrogens (primary N) is 1. The van der Waals surface area contributed by atoms with Gasteiger partial charge in [0.05, 0.1) is 0 Å². The average Bonchev–Trinajstić information content (AvgIpc) is 2.21. The number of thioether (sulfide) groups is 2. The summed E-state index contributed by atoms with van der Waals surface area (Å²) in [4.78, 5) is 2.89. The van der Waals surface area contributed by atoms with Crippen molar-refractivity contribution >= 4 is 35.1 Å². The van der Waals surface area contributed by atoms with Crippen molar-refractivity contribution in [3.63, 3.8) is 0 Å². The third kappa shape index (κ3) is 1.72. The lowest BCUT2D eigenvalue weighted by atomic mass is 10.1. The maximum absolute atomic E-state index is 6.00. The molecule has 1 heterocycles. The van der Waals surface area contributed by atoms with E-state index in [1.807, 2.05) is 0 Å². The van der Waals surface area contributed by atoms with Gasteiger partial charge in [-0.05, 0) is 35.5 Å². The Bertz CT molecular complexity index is 192. The van der Waals surface area contributed by atoms with Gasteiger partial charge in [0.25, 0.3) is 0 Å². The molecule has 4 heteroatoms. The second-order valence-corrected chi connectivity index (χ2v) is 6.82. The molecule has 0 fully saturated rings. The van der Waals surface area contributed by atoms with Gasteiger partial charge in [0.15, 0.2) is 3.66 Å². The zero-order chi connectivity index (χ0) is 7.90. The van der Waals surface area contributed by atoms with Gasteiger partial charge in [-0.3, -0.25) is 5.73 Å². The Morgan fingerprint density at radius 1 is 1.18 bits per heavy atom. The first-order valence-corrected chi connectivity index (χ1v) is 5.76. The summed E-state index contributed by atoms with van der Waals surface area (Å²) in [5.41, 5.74) is 5.79. The number of halogens is 1. The zero-order valence-electron chi connectivity index (χ0n) is 6.10. The Morgan fingerprint density at radius 2 is 1.64 bits per heavy atom. The van der Waals surface area contributed by atoms with Crippen molar-refractivity contribution < 1.29 is 0 Å². The lowest BCUT2D eigenvalue weighted by molar-refractivity contribution is 0.718. The van der Waals surface area contributed by atoms with E-state index >= 15 is 0 Å². The SMILES string of the molecule is NC1(Cl)SC2=C(CCCC2)S1. The Morgan fingerprint density at radius 3 is 2.09 bits per heavy atom. The summed E-state index contributed by atoms with van der Waals surface area (Å²) in [6, 6.07) is 0. The summed E-state index contributed by atoms with van der Waals surface area (Å²) in [5.74, 6) is 0. The normalized spacial score (nSPS) is 28.9.